The molecule has 15 heavy (non-hydrogen) atoms. The zero-order valence-corrected chi connectivity index (χ0v) is 8.52. The number of aliphatic carboxylic acids is 2. The van der Waals surface area contributed by atoms with Gasteiger partial charge in [0.2, 0.25) is 5.54 Å². The number of carboxylic acids is 2. The lowest BCUT2D eigenvalue weighted by molar-refractivity contribution is -0.145. The Balaban J connectivity index is 3.34. The Labute approximate surface area is 86.3 Å². The summed E-state index contributed by atoms with van der Waals surface area (Å²) in [7, 11) is 0. The van der Waals surface area contributed by atoms with Crippen LogP contribution in [0.1, 0.15) is 26.7 Å². The van der Waals surface area contributed by atoms with Crippen LogP contribution in [0.5, 0.6) is 0 Å². The van der Waals surface area contributed by atoms with Gasteiger partial charge in [0, 0.05) is 0 Å². The van der Waals surface area contributed by atoms with E-state index >= 15 is 0 Å². The summed E-state index contributed by atoms with van der Waals surface area (Å²) < 4.78 is 0. The highest BCUT2D eigenvalue weighted by molar-refractivity contribution is 6.00. The highest BCUT2D eigenvalue weighted by Crippen LogP contribution is 2.36. The standard InChI is InChI=1S/C9H12N2O4/c1-3-5-6(7(12)13)9(4-2,8(14)15)11-10-5/h3-4H2,1-2H3,(H,12,13)(H,14,15). The average Bonchev–Trinajstić information content (AvgIpc) is 2.57. The molecule has 1 aliphatic rings. The van der Waals surface area contributed by atoms with Crippen molar-refractivity contribution in [1.82, 2.24) is 0 Å². The lowest BCUT2D eigenvalue weighted by Gasteiger charge is -2.18. The van der Waals surface area contributed by atoms with Crippen LogP contribution in [0.25, 0.3) is 0 Å². The summed E-state index contributed by atoms with van der Waals surface area (Å²) in [6.45, 7) is 3.29. The maximum atomic E-state index is 11.1. The van der Waals surface area contributed by atoms with E-state index in [0.29, 0.717) is 6.42 Å². The summed E-state index contributed by atoms with van der Waals surface area (Å²) in [4.78, 5) is 22.1. The van der Waals surface area contributed by atoms with Gasteiger partial charge in [-0.3, -0.25) is 0 Å². The first kappa shape index (κ1) is 11.4. The minimum Gasteiger partial charge on any atom is -0.479 e. The number of azo groups is 1. The van der Waals surface area contributed by atoms with Crippen LogP contribution in [0.3, 0.4) is 0 Å². The van der Waals surface area contributed by atoms with Crippen LogP contribution in [-0.4, -0.2) is 27.7 Å². The van der Waals surface area contributed by atoms with Gasteiger partial charge < -0.3 is 10.2 Å². The summed E-state index contributed by atoms with van der Waals surface area (Å²) in [6, 6.07) is 0. The molecule has 1 rings (SSSR count). The Morgan fingerprint density at radius 2 is 1.93 bits per heavy atom. The Hall–Kier alpha value is -1.72. The molecule has 0 amide bonds. The van der Waals surface area contributed by atoms with Gasteiger partial charge in [-0.15, -0.1) is 0 Å². The van der Waals surface area contributed by atoms with Gasteiger partial charge in [0.05, 0.1) is 5.70 Å². The monoisotopic (exact) mass is 212 g/mol. The first-order chi connectivity index (χ1) is 6.99. The number of nitrogens with zero attached hydrogens (tertiary/aromatic N) is 2. The van der Waals surface area contributed by atoms with E-state index in [2.05, 4.69) is 10.2 Å². The molecule has 0 aromatic heterocycles. The third kappa shape index (κ3) is 1.51. The van der Waals surface area contributed by atoms with E-state index < -0.39 is 17.5 Å². The quantitative estimate of drug-likeness (QED) is 0.736. The van der Waals surface area contributed by atoms with Crippen molar-refractivity contribution >= 4 is 11.9 Å². The fraction of sp³-hybridized carbons (Fsp3) is 0.556. The van der Waals surface area contributed by atoms with Gasteiger partial charge in [0.15, 0.2) is 0 Å². The van der Waals surface area contributed by atoms with Crippen molar-refractivity contribution in [2.45, 2.75) is 32.2 Å². The molecular formula is C9H12N2O4. The second kappa shape index (κ2) is 3.80. The van der Waals surface area contributed by atoms with E-state index in [1.165, 1.54) is 0 Å². The number of hydrogen-bond donors (Lipinski definition) is 2. The molecular weight excluding hydrogens is 200 g/mol. The molecule has 0 aromatic rings. The Morgan fingerprint density at radius 3 is 2.27 bits per heavy atom. The number of rotatable bonds is 4. The molecule has 0 fully saturated rings. The number of carbonyl (C=O) groups is 2. The van der Waals surface area contributed by atoms with Crippen LogP contribution in [0.2, 0.25) is 0 Å². The van der Waals surface area contributed by atoms with E-state index in [4.69, 9.17) is 10.2 Å². The maximum Gasteiger partial charge on any atom is 0.338 e. The first-order valence-electron chi connectivity index (χ1n) is 4.62. The van der Waals surface area contributed by atoms with Gasteiger partial charge in [-0.05, 0) is 12.8 Å². The van der Waals surface area contributed by atoms with Crippen molar-refractivity contribution in [2.75, 3.05) is 0 Å². The van der Waals surface area contributed by atoms with Crippen LogP contribution in [0, 0.1) is 0 Å². The third-order valence-corrected chi connectivity index (χ3v) is 2.46. The third-order valence-electron chi connectivity index (χ3n) is 2.46. The molecule has 0 saturated heterocycles. The zero-order valence-electron chi connectivity index (χ0n) is 8.52. The topological polar surface area (TPSA) is 99.3 Å². The van der Waals surface area contributed by atoms with Crippen molar-refractivity contribution in [3.63, 3.8) is 0 Å². The minimum atomic E-state index is -1.70. The molecule has 0 bridgehead atoms. The van der Waals surface area contributed by atoms with Crippen molar-refractivity contribution in [3.05, 3.63) is 11.3 Å². The second-order valence-corrected chi connectivity index (χ2v) is 3.20. The Kier molecular flexibility index (Phi) is 2.88. The highest BCUT2D eigenvalue weighted by Gasteiger charge is 2.49. The fourth-order valence-corrected chi connectivity index (χ4v) is 1.58. The molecule has 2 N–H and O–H groups in total. The number of carboxylic acid groups (broad SMARTS) is 2. The molecule has 0 aliphatic carbocycles. The molecule has 6 heteroatoms. The van der Waals surface area contributed by atoms with Crippen LogP contribution < -0.4 is 0 Å². The summed E-state index contributed by atoms with van der Waals surface area (Å²) in [5.74, 6) is -2.53. The molecule has 0 radical (unpaired) electrons. The fourth-order valence-electron chi connectivity index (χ4n) is 1.58. The van der Waals surface area contributed by atoms with Gasteiger partial charge >= 0.3 is 11.9 Å². The first-order valence-corrected chi connectivity index (χ1v) is 4.62. The van der Waals surface area contributed by atoms with E-state index in [1.807, 2.05) is 0 Å². The van der Waals surface area contributed by atoms with E-state index in [0.717, 1.165) is 0 Å². The molecule has 0 saturated carbocycles. The van der Waals surface area contributed by atoms with E-state index in [1.54, 1.807) is 13.8 Å². The molecule has 1 atom stereocenters. The lowest BCUT2D eigenvalue weighted by Crippen LogP contribution is -2.39. The van der Waals surface area contributed by atoms with Crippen molar-refractivity contribution in [3.8, 4) is 0 Å². The predicted octanol–water partition coefficient (Wildman–Crippen LogP) is 1.43. The largest absolute Gasteiger partial charge is 0.479 e. The van der Waals surface area contributed by atoms with Gasteiger partial charge in [0.1, 0.15) is 5.57 Å². The Bertz CT molecular complexity index is 372. The van der Waals surface area contributed by atoms with E-state index in [-0.39, 0.29) is 17.7 Å². The van der Waals surface area contributed by atoms with Crippen LogP contribution in [-0.2, 0) is 9.59 Å². The van der Waals surface area contributed by atoms with Crippen molar-refractivity contribution < 1.29 is 19.8 Å². The molecule has 82 valence electrons. The SMILES string of the molecule is CCC1=C(C(=O)O)C(CC)(C(=O)O)N=N1. The summed E-state index contributed by atoms with van der Waals surface area (Å²) in [5.41, 5.74) is -1.66. The number of allylic oxidation sites excluding steroid dienone is 1. The highest BCUT2D eigenvalue weighted by atomic mass is 16.4. The second-order valence-electron chi connectivity index (χ2n) is 3.20. The minimum absolute atomic E-state index is 0.0803. The average molecular weight is 212 g/mol. The maximum absolute atomic E-state index is 11.1. The van der Waals surface area contributed by atoms with Gasteiger partial charge in [-0.1, -0.05) is 13.8 Å². The van der Waals surface area contributed by atoms with Gasteiger partial charge in [-0.2, -0.15) is 10.2 Å². The summed E-state index contributed by atoms with van der Waals surface area (Å²) in [6.07, 6.45) is 0.442. The number of hydrogen-bond acceptors (Lipinski definition) is 4. The lowest BCUT2D eigenvalue weighted by atomic mass is 9.87. The molecule has 0 aromatic carbocycles. The summed E-state index contributed by atoms with van der Waals surface area (Å²) in [5, 5.41) is 25.3. The van der Waals surface area contributed by atoms with Crippen molar-refractivity contribution in [1.29, 1.82) is 0 Å². The zero-order chi connectivity index (χ0) is 11.6. The van der Waals surface area contributed by atoms with Crippen LogP contribution in [0.4, 0.5) is 0 Å². The van der Waals surface area contributed by atoms with Crippen LogP contribution in [0.15, 0.2) is 21.5 Å². The smallest absolute Gasteiger partial charge is 0.338 e. The van der Waals surface area contributed by atoms with Crippen molar-refractivity contribution in [2.24, 2.45) is 10.2 Å². The molecule has 1 heterocycles. The summed E-state index contributed by atoms with van der Waals surface area (Å²) >= 11 is 0. The molecule has 0 spiro atoms. The predicted molar refractivity (Wildman–Crippen MR) is 50.5 cm³/mol. The van der Waals surface area contributed by atoms with Crippen LogP contribution >= 0.6 is 0 Å². The van der Waals surface area contributed by atoms with E-state index in [9.17, 15) is 9.59 Å². The molecule has 6 nitrogen and oxygen atoms in total. The molecule has 1 aliphatic heterocycles. The van der Waals surface area contributed by atoms with Gasteiger partial charge in [0.25, 0.3) is 0 Å². The normalized spacial score (nSPS) is 24.7. The van der Waals surface area contributed by atoms with Gasteiger partial charge in [-0.25, -0.2) is 9.59 Å². The Morgan fingerprint density at radius 1 is 1.33 bits per heavy atom. The molecule has 1 unspecified atom stereocenters.